The van der Waals surface area contributed by atoms with Crippen molar-refractivity contribution in [2.75, 3.05) is 12.0 Å². The Kier molecular flexibility index (Phi) is 4.34. The summed E-state index contributed by atoms with van der Waals surface area (Å²) in [5.74, 6) is 0.785. The first-order valence-corrected chi connectivity index (χ1v) is 6.34. The quantitative estimate of drug-likeness (QED) is 0.665. The summed E-state index contributed by atoms with van der Waals surface area (Å²) in [6.07, 6.45) is 0. The van der Waals surface area contributed by atoms with Gasteiger partial charge in [0.2, 0.25) is 0 Å². The molecule has 0 spiro atoms. The van der Waals surface area contributed by atoms with Crippen LogP contribution in [-0.4, -0.2) is 11.8 Å². The van der Waals surface area contributed by atoms with E-state index in [9.17, 15) is 5.11 Å². The molecule has 102 valence electrons. The molecule has 0 bridgehead atoms. The van der Waals surface area contributed by atoms with Crippen molar-refractivity contribution in [2.45, 2.75) is 6.92 Å². The summed E-state index contributed by atoms with van der Waals surface area (Å²) < 4.78 is 5.47. The predicted molar refractivity (Wildman–Crippen MR) is 78.1 cm³/mol. The van der Waals surface area contributed by atoms with E-state index in [1.165, 1.54) is 0 Å². The highest BCUT2D eigenvalue weighted by molar-refractivity contribution is 6.31. The molecule has 2 N–H and O–H groups in total. The number of rotatable bonds is 4. The highest BCUT2D eigenvalue weighted by Gasteiger charge is 2.05. The second kappa shape index (κ2) is 6.18. The van der Waals surface area contributed by atoms with E-state index in [-0.39, 0.29) is 12.5 Å². The van der Waals surface area contributed by atoms with E-state index in [0.717, 1.165) is 0 Å². The van der Waals surface area contributed by atoms with Crippen molar-refractivity contribution >= 4 is 17.3 Å². The second-order valence-electron chi connectivity index (χ2n) is 4.22. The van der Waals surface area contributed by atoms with E-state index in [0.29, 0.717) is 27.6 Å². The zero-order valence-electron chi connectivity index (χ0n) is 10.9. The zero-order chi connectivity index (χ0) is 14.5. The van der Waals surface area contributed by atoms with E-state index in [2.05, 4.69) is 5.32 Å². The minimum Gasteiger partial charge on any atom is -0.506 e. The van der Waals surface area contributed by atoms with Crippen molar-refractivity contribution in [2.24, 2.45) is 0 Å². The molecule has 0 fully saturated rings. The molecule has 0 aromatic heterocycles. The molecule has 0 heterocycles. The highest BCUT2D eigenvalue weighted by Crippen LogP contribution is 2.30. The number of nitrogens with one attached hydrogen (secondary N) is 1. The lowest BCUT2D eigenvalue weighted by molar-refractivity contribution is 0.345. The van der Waals surface area contributed by atoms with Crippen molar-refractivity contribution in [1.82, 2.24) is 0 Å². The summed E-state index contributed by atoms with van der Waals surface area (Å²) in [6, 6.07) is 12.1. The maximum Gasteiger partial charge on any atom is 0.159 e. The monoisotopic (exact) mass is 288 g/mol. The minimum atomic E-state index is 0.151. The number of phenolic OH excluding ortho intramolecular Hbond substituents is 1. The first-order valence-electron chi connectivity index (χ1n) is 5.96. The fraction of sp³-hybridized carbons (Fsp3) is 0.133. The molecule has 0 unspecified atom stereocenters. The van der Waals surface area contributed by atoms with Gasteiger partial charge in [-0.25, -0.2) is 0 Å². The summed E-state index contributed by atoms with van der Waals surface area (Å²) >= 11 is 5.93. The normalized spacial score (nSPS) is 9.85. The third-order valence-electron chi connectivity index (χ3n) is 2.75. The van der Waals surface area contributed by atoms with Crippen LogP contribution in [0.5, 0.6) is 11.5 Å². The zero-order valence-corrected chi connectivity index (χ0v) is 11.6. The molecule has 2 aromatic carbocycles. The number of nitriles is 1. The molecule has 0 atom stereocenters. The Hall–Kier alpha value is -2.38. The Morgan fingerprint density at radius 2 is 2.00 bits per heavy atom. The van der Waals surface area contributed by atoms with Crippen LogP contribution in [0.2, 0.25) is 5.02 Å². The lowest BCUT2D eigenvalue weighted by Gasteiger charge is -2.12. The van der Waals surface area contributed by atoms with Gasteiger partial charge in [-0.3, -0.25) is 0 Å². The number of anilines is 1. The van der Waals surface area contributed by atoms with Gasteiger partial charge < -0.3 is 15.2 Å². The Balaban J connectivity index is 1.97. The molecule has 0 aliphatic rings. The topological polar surface area (TPSA) is 65.3 Å². The molecule has 0 saturated heterocycles. The molecular weight excluding hydrogens is 276 g/mol. The molecule has 0 amide bonds. The molecule has 2 rings (SSSR count). The summed E-state index contributed by atoms with van der Waals surface area (Å²) in [5, 5.41) is 22.1. The first kappa shape index (κ1) is 14.0. The smallest absolute Gasteiger partial charge is 0.159 e. The third-order valence-corrected chi connectivity index (χ3v) is 2.97. The van der Waals surface area contributed by atoms with Crippen LogP contribution in [0.1, 0.15) is 11.1 Å². The Labute approximate surface area is 122 Å². The van der Waals surface area contributed by atoms with Gasteiger partial charge in [0.25, 0.3) is 0 Å². The van der Waals surface area contributed by atoms with Gasteiger partial charge in [-0.05, 0) is 48.9 Å². The summed E-state index contributed by atoms with van der Waals surface area (Å²) in [6.45, 7) is 1.95. The molecule has 4 nitrogen and oxygen atoms in total. The highest BCUT2D eigenvalue weighted by atomic mass is 35.5. The molecule has 0 aliphatic heterocycles. The number of benzene rings is 2. The number of hydrogen-bond acceptors (Lipinski definition) is 4. The molecule has 5 heteroatoms. The van der Waals surface area contributed by atoms with Crippen LogP contribution in [0.25, 0.3) is 0 Å². The van der Waals surface area contributed by atoms with Gasteiger partial charge >= 0.3 is 0 Å². The van der Waals surface area contributed by atoms with Gasteiger partial charge in [0.1, 0.15) is 11.5 Å². The van der Waals surface area contributed by atoms with Gasteiger partial charge in [-0.1, -0.05) is 11.6 Å². The maximum absolute atomic E-state index is 9.87. The molecular formula is C15H13ClN2O2. The van der Waals surface area contributed by atoms with Crippen LogP contribution < -0.4 is 10.1 Å². The molecule has 20 heavy (non-hydrogen) atoms. The summed E-state index contributed by atoms with van der Waals surface area (Å²) in [7, 11) is 0. The van der Waals surface area contributed by atoms with Crippen molar-refractivity contribution in [3.05, 3.63) is 52.5 Å². The maximum atomic E-state index is 9.87. The molecule has 0 radical (unpaired) electrons. The molecule has 2 aromatic rings. The number of aryl methyl sites for hydroxylation is 1. The van der Waals surface area contributed by atoms with Gasteiger partial charge in [-0.2, -0.15) is 5.26 Å². The summed E-state index contributed by atoms with van der Waals surface area (Å²) in [4.78, 5) is 0. The average molecular weight is 289 g/mol. The van der Waals surface area contributed by atoms with Crippen LogP contribution in [-0.2, 0) is 0 Å². The lowest BCUT2D eigenvalue weighted by Crippen LogP contribution is -2.09. The van der Waals surface area contributed by atoms with Crippen molar-refractivity contribution in [3.63, 3.8) is 0 Å². The van der Waals surface area contributed by atoms with E-state index in [1.807, 2.05) is 6.07 Å². The van der Waals surface area contributed by atoms with Gasteiger partial charge in [-0.15, -0.1) is 0 Å². The fourth-order valence-electron chi connectivity index (χ4n) is 1.69. The van der Waals surface area contributed by atoms with Gasteiger partial charge in [0.15, 0.2) is 6.73 Å². The Bertz CT molecular complexity index is 648. The van der Waals surface area contributed by atoms with Gasteiger partial charge in [0.05, 0.1) is 17.3 Å². The molecule has 0 aliphatic carbocycles. The standard InChI is InChI=1S/C15H13ClN2O2/c1-10-6-12(16)7-14(15(10)19)18-9-20-13-4-2-11(8-17)3-5-13/h2-7,18-19H,9H2,1H3. The first-order chi connectivity index (χ1) is 9.60. The number of ether oxygens (including phenoxy) is 1. The number of phenols is 1. The third kappa shape index (κ3) is 3.34. The number of aromatic hydroxyl groups is 1. The van der Waals surface area contributed by atoms with Crippen molar-refractivity contribution in [3.8, 4) is 17.6 Å². The fourth-order valence-corrected chi connectivity index (χ4v) is 1.97. The van der Waals surface area contributed by atoms with Gasteiger partial charge in [0, 0.05) is 5.02 Å². The second-order valence-corrected chi connectivity index (χ2v) is 4.66. The minimum absolute atomic E-state index is 0.151. The SMILES string of the molecule is Cc1cc(Cl)cc(NCOc2ccc(C#N)cc2)c1O. The number of hydrogen-bond donors (Lipinski definition) is 2. The number of nitrogens with zero attached hydrogens (tertiary/aromatic N) is 1. The van der Waals surface area contributed by atoms with E-state index < -0.39 is 0 Å². The average Bonchev–Trinajstić information content (AvgIpc) is 2.44. The van der Waals surface area contributed by atoms with E-state index in [1.54, 1.807) is 43.3 Å². The lowest BCUT2D eigenvalue weighted by atomic mass is 10.2. The van der Waals surface area contributed by atoms with Crippen LogP contribution in [0, 0.1) is 18.3 Å². The Morgan fingerprint density at radius 3 is 2.65 bits per heavy atom. The van der Waals surface area contributed by atoms with E-state index in [4.69, 9.17) is 21.6 Å². The van der Waals surface area contributed by atoms with Crippen molar-refractivity contribution in [1.29, 1.82) is 5.26 Å². The Morgan fingerprint density at radius 1 is 1.30 bits per heavy atom. The number of halogens is 1. The van der Waals surface area contributed by atoms with Crippen LogP contribution >= 0.6 is 11.6 Å². The van der Waals surface area contributed by atoms with Crippen LogP contribution in [0.15, 0.2) is 36.4 Å². The van der Waals surface area contributed by atoms with Crippen LogP contribution in [0.4, 0.5) is 5.69 Å². The summed E-state index contributed by atoms with van der Waals surface area (Å²) in [5.41, 5.74) is 1.79. The largest absolute Gasteiger partial charge is 0.506 e. The van der Waals surface area contributed by atoms with Crippen molar-refractivity contribution < 1.29 is 9.84 Å². The predicted octanol–water partition coefficient (Wildman–Crippen LogP) is 3.67. The van der Waals surface area contributed by atoms with E-state index >= 15 is 0 Å². The molecule has 0 saturated carbocycles. The van der Waals surface area contributed by atoms with Crippen LogP contribution in [0.3, 0.4) is 0 Å².